The Balaban J connectivity index is 4.28. The molecule has 0 aliphatic heterocycles. The summed E-state index contributed by atoms with van der Waals surface area (Å²) in [5.41, 5.74) is 0. The predicted octanol–water partition coefficient (Wildman–Crippen LogP) is 18.0. The fourth-order valence-corrected chi connectivity index (χ4v) is 7.66. The summed E-state index contributed by atoms with van der Waals surface area (Å²) in [6.07, 6.45) is 65.0. The Morgan fingerprint density at radius 3 is 0.969 bits per heavy atom. The van der Waals surface area contributed by atoms with Crippen molar-refractivity contribution in [2.75, 3.05) is 13.2 Å². The minimum Gasteiger partial charge on any atom is -0.462 e. The van der Waals surface area contributed by atoms with Crippen molar-refractivity contribution in [2.45, 2.75) is 277 Å². The highest BCUT2D eigenvalue weighted by Gasteiger charge is 2.19. The molecule has 0 spiro atoms. The zero-order chi connectivity index (χ0) is 46.5. The number of unbranched alkanes of at least 4 members (excludes halogenated alkanes) is 28. The Bertz CT molecular complexity index is 1170. The third kappa shape index (κ3) is 50.1. The number of carbonyl (C=O) groups is 3. The van der Waals surface area contributed by atoms with Crippen molar-refractivity contribution < 1.29 is 28.6 Å². The summed E-state index contributed by atoms with van der Waals surface area (Å²) in [5, 5.41) is 0. The predicted molar refractivity (Wildman–Crippen MR) is 275 cm³/mol. The molecule has 0 N–H and O–H groups in total. The lowest BCUT2D eigenvalue weighted by Crippen LogP contribution is -2.30. The van der Waals surface area contributed by atoms with Gasteiger partial charge in [-0.1, -0.05) is 229 Å². The van der Waals surface area contributed by atoms with Gasteiger partial charge in [0, 0.05) is 19.3 Å². The summed E-state index contributed by atoms with van der Waals surface area (Å²) >= 11 is 0. The lowest BCUT2D eigenvalue weighted by Gasteiger charge is -2.18. The van der Waals surface area contributed by atoms with E-state index >= 15 is 0 Å². The number of rotatable bonds is 49. The van der Waals surface area contributed by atoms with Crippen molar-refractivity contribution >= 4 is 17.9 Å². The van der Waals surface area contributed by atoms with Crippen LogP contribution in [0.2, 0.25) is 0 Å². The van der Waals surface area contributed by atoms with Crippen LogP contribution in [0.5, 0.6) is 0 Å². The fourth-order valence-electron chi connectivity index (χ4n) is 7.66. The highest BCUT2D eigenvalue weighted by atomic mass is 16.6. The van der Waals surface area contributed by atoms with Gasteiger partial charge >= 0.3 is 17.9 Å². The van der Waals surface area contributed by atoms with Gasteiger partial charge in [-0.25, -0.2) is 0 Å². The molecule has 6 nitrogen and oxygen atoms in total. The van der Waals surface area contributed by atoms with Gasteiger partial charge in [0.1, 0.15) is 13.2 Å². The topological polar surface area (TPSA) is 78.9 Å². The van der Waals surface area contributed by atoms with E-state index in [2.05, 4.69) is 81.5 Å². The smallest absolute Gasteiger partial charge is 0.306 e. The summed E-state index contributed by atoms with van der Waals surface area (Å²) in [6.45, 7) is 6.50. The van der Waals surface area contributed by atoms with Gasteiger partial charge in [0.05, 0.1) is 0 Å². The Kier molecular flexibility index (Phi) is 50.4. The molecule has 0 fully saturated rings. The molecule has 0 aromatic heterocycles. The van der Waals surface area contributed by atoms with E-state index in [0.29, 0.717) is 19.3 Å². The monoisotopic (exact) mass is 895 g/mol. The lowest BCUT2D eigenvalue weighted by atomic mass is 10.1. The molecule has 370 valence electrons. The molecule has 0 aromatic rings. The maximum atomic E-state index is 12.8. The molecule has 0 saturated carbocycles. The number of hydrogen-bond donors (Lipinski definition) is 0. The Morgan fingerprint density at radius 1 is 0.328 bits per heavy atom. The van der Waals surface area contributed by atoms with Crippen molar-refractivity contribution in [1.29, 1.82) is 0 Å². The third-order valence-corrected chi connectivity index (χ3v) is 11.8. The highest BCUT2D eigenvalue weighted by Crippen LogP contribution is 2.15. The minimum absolute atomic E-state index is 0.0781. The summed E-state index contributed by atoms with van der Waals surface area (Å²) in [4.78, 5) is 37.9. The van der Waals surface area contributed by atoms with Crippen LogP contribution in [0.15, 0.2) is 60.8 Å². The van der Waals surface area contributed by atoms with Crippen LogP contribution in [0.3, 0.4) is 0 Å². The van der Waals surface area contributed by atoms with E-state index in [4.69, 9.17) is 14.2 Å². The van der Waals surface area contributed by atoms with Gasteiger partial charge in [-0.3, -0.25) is 14.4 Å². The average Bonchev–Trinajstić information content (AvgIpc) is 3.29. The van der Waals surface area contributed by atoms with Crippen LogP contribution in [-0.2, 0) is 28.6 Å². The molecule has 0 aliphatic rings. The van der Waals surface area contributed by atoms with E-state index in [0.717, 1.165) is 89.9 Å². The first-order valence-corrected chi connectivity index (χ1v) is 27.3. The Morgan fingerprint density at radius 2 is 0.609 bits per heavy atom. The quantitative estimate of drug-likeness (QED) is 0.0262. The van der Waals surface area contributed by atoms with Crippen molar-refractivity contribution in [1.82, 2.24) is 0 Å². The molecule has 0 aromatic carbocycles. The summed E-state index contributed by atoms with van der Waals surface area (Å²) in [5.74, 6) is -0.892. The second-order valence-corrected chi connectivity index (χ2v) is 18.1. The molecule has 0 radical (unpaired) electrons. The van der Waals surface area contributed by atoms with Crippen LogP contribution >= 0.6 is 0 Å². The number of allylic oxidation sites excluding steroid dienone is 10. The number of esters is 3. The average molecular weight is 895 g/mol. The lowest BCUT2D eigenvalue weighted by molar-refractivity contribution is -0.167. The summed E-state index contributed by atoms with van der Waals surface area (Å²) in [6, 6.07) is 0. The fraction of sp³-hybridized carbons (Fsp3) is 0.776. The molecular formula is C58H102O6. The van der Waals surface area contributed by atoms with E-state index in [1.165, 1.54) is 141 Å². The standard InChI is InChI=1S/C58H102O6/c1-4-7-10-13-16-19-21-23-25-27-29-31-33-35-37-39-42-45-48-51-57(60)63-54-55(53-62-56(59)50-47-44-41-18-15-12-9-6-3)64-58(61)52-49-46-43-40-38-36-34-32-30-28-26-24-22-20-17-14-11-8-5-2/h7,10,16,19,23-26,29,31,55H,4-6,8-9,11-15,17-18,20-22,27-28,30,32-54H2,1-3H3/b10-7-,19-16-,25-23-,26-24-,31-29-. The van der Waals surface area contributed by atoms with Gasteiger partial charge in [-0.15, -0.1) is 0 Å². The first kappa shape index (κ1) is 61.1. The van der Waals surface area contributed by atoms with Crippen molar-refractivity contribution in [3.05, 3.63) is 60.8 Å². The minimum atomic E-state index is -0.778. The van der Waals surface area contributed by atoms with Crippen LogP contribution in [0.4, 0.5) is 0 Å². The van der Waals surface area contributed by atoms with Gasteiger partial charge in [-0.05, 0) is 83.5 Å². The van der Waals surface area contributed by atoms with Crippen LogP contribution < -0.4 is 0 Å². The van der Waals surface area contributed by atoms with E-state index in [-0.39, 0.29) is 31.1 Å². The Hall–Kier alpha value is -2.89. The second-order valence-electron chi connectivity index (χ2n) is 18.1. The van der Waals surface area contributed by atoms with Gasteiger partial charge in [0.15, 0.2) is 6.10 Å². The van der Waals surface area contributed by atoms with Crippen LogP contribution in [0.25, 0.3) is 0 Å². The molecule has 0 saturated heterocycles. The molecule has 1 atom stereocenters. The number of carbonyl (C=O) groups excluding carboxylic acids is 3. The maximum Gasteiger partial charge on any atom is 0.306 e. The number of ether oxygens (including phenoxy) is 3. The van der Waals surface area contributed by atoms with Gasteiger partial charge in [0.2, 0.25) is 0 Å². The van der Waals surface area contributed by atoms with E-state index in [9.17, 15) is 14.4 Å². The van der Waals surface area contributed by atoms with E-state index < -0.39 is 6.10 Å². The van der Waals surface area contributed by atoms with Crippen LogP contribution in [-0.4, -0.2) is 37.2 Å². The third-order valence-electron chi connectivity index (χ3n) is 11.8. The van der Waals surface area contributed by atoms with Crippen molar-refractivity contribution in [3.8, 4) is 0 Å². The van der Waals surface area contributed by atoms with Gasteiger partial charge < -0.3 is 14.2 Å². The Labute approximate surface area is 396 Å². The highest BCUT2D eigenvalue weighted by molar-refractivity contribution is 5.71. The van der Waals surface area contributed by atoms with Gasteiger partial charge in [0.25, 0.3) is 0 Å². The largest absolute Gasteiger partial charge is 0.462 e. The molecule has 0 rings (SSSR count). The molecule has 1 unspecified atom stereocenters. The zero-order valence-corrected chi connectivity index (χ0v) is 42.3. The van der Waals surface area contributed by atoms with Gasteiger partial charge in [-0.2, -0.15) is 0 Å². The molecule has 0 heterocycles. The van der Waals surface area contributed by atoms with Crippen molar-refractivity contribution in [2.24, 2.45) is 0 Å². The molecule has 6 heteroatoms. The van der Waals surface area contributed by atoms with E-state index in [1.807, 2.05) is 0 Å². The SMILES string of the molecule is CC/C=C\C/C=C\C/C=C\C/C=C\CCCCCCCCC(=O)OCC(COC(=O)CCCCCCCCCC)OC(=O)CCCCCCCCCCC/C=C\CCCCCCCC. The molecule has 0 amide bonds. The van der Waals surface area contributed by atoms with Crippen LogP contribution in [0.1, 0.15) is 271 Å². The normalized spacial score (nSPS) is 12.5. The first-order valence-electron chi connectivity index (χ1n) is 27.3. The van der Waals surface area contributed by atoms with Crippen molar-refractivity contribution in [3.63, 3.8) is 0 Å². The second kappa shape index (κ2) is 52.7. The van der Waals surface area contributed by atoms with Crippen LogP contribution in [0, 0.1) is 0 Å². The summed E-state index contributed by atoms with van der Waals surface area (Å²) < 4.78 is 16.8. The molecule has 0 bridgehead atoms. The molecule has 0 aliphatic carbocycles. The molecule has 64 heavy (non-hydrogen) atoms. The number of hydrogen-bond acceptors (Lipinski definition) is 6. The summed E-state index contributed by atoms with van der Waals surface area (Å²) in [7, 11) is 0. The molecular weight excluding hydrogens is 793 g/mol. The van der Waals surface area contributed by atoms with E-state index in [1.54, 1.807) is 0 Å². The first-order chi connectivity index (χ1) is 31.5. The zero-order valence-electron chi connectivity index (χ0n) is 42.3. The maximum absolute atomic E-state index is 12.8.